The number of pyridine rings is 1. The van der Waals surface area contributed by atoms with E-state index in [2.05, 4.69) is 9.98 Å². The van der Waals surface area contributed by atoms with Gasteiger partial charge in [-0.15, -0.1) is 0 Å². The van der Waals surface area contributed by atoms with E-state index in [9.17, 15) is 0 Å². The first-order valence-electron chi connectivity index (χ1n) is 7.46. The number of thioether (sulfide) groups is 1. The average Bonchev–Trinajstić information content (AvgIpc) is 2.62. The summed E-state index contributed by atoms with van der Waals surface area (Å²) in [6, 6.07) is 1.73. The van der Waals surface area contributed by atoms with Crippen LogP contribution < -0.4 is 16.4 Å². The molecule has 0 unspecified atom stereocenters. The van der Waals surface area contributed by atoms with E-state index in [4.69, 9.17) is 32.4 Å². The molecule has 0 radical (unpaired) electrons. The van der Waals surface area contributed by atoms with Gasteiger partial charge in [0.1, 0.15) is 16.7 Å². The van der Waals surface area contributed by atoms with Crippen molar-refractivity contribution >= 4 is 46.0 Å². The molecular weight excluding hydrogens is 352 g/mol. The first kappa shape index (κ1) is 21.3. The topological polar surface area (TPSA) is 161 Å². The molecule has 1 saturated heterocycles. The summed E-state index contributed by atoms with van der Waals surface area (Å²) >= 11 is 0.944. The second-order valence-corrected chi connectivity index (χ2v) is 5.85. The lowest BCUT2D eigenvalue weighted by Gasteiger charge is -2.28. The number of hydrogen-bond acceptors (Lipinski definition) is 9. The number of anilines is 1. The molecule has 0 spiro atoms. The van der Waals surface area contributed by atoms with Crippen molar-refractivity contribution < 1.29 is 4.74 Å². The van der Waals surface area contributed by atoms with Crippen LogP contribution in [0, 0.1) is 16.2 Å². The smallest absolute Gasteiger partial charge is 0.166 e. The van der Waals surface area contributed by atoms with Gasteiger partial charge in [-0.3, -0.25) is 5.41 Å². The number of nitrogens with two attached hydrogens (primary N) is 2. The van der Waals surface area contributed by atoms with Gasteiger partial charge in [-0.05, 0) is 18.3 Å². The van der Waals surface area contributed by atoms with Crippen LogP contribution in [0.15, 0.2) is 23.3 Å². The molecule has 2 heterocycles. The summed E-state index contributed by atoms with van der Waals surface area (Å²) < 4.78 is 5.36. The van der Waals surface area contributed by atoms with Crippen molar-refractivity contribution in [3.05, 3.63) is 29.5 Å². The quantitative estimate of drug-likeness (QED) is 0.375. The van der Waals surface area contributed by atoms with Crippen molar-refractivity contribution in [1.82, 2.24) is 4.98 Å². The lowest BCUT2D eigenvalue weighted by Crippen LogP contribution is -2.37. The Kier molecular flexibility index (Phi) is 8.46. The third-order valence-electron chi connectivity index (χ3n) is 3.43. The summed E-state index contributed by atoms with van der Waals surface area (Å²) in [5, 5.41) is 23.2. The Morgan fingerprint density at radius 2 is 2.04 bits per heavy atom. The van der Waals surface area contributed by atoms with Crippen molar-refractivity contribution in [1.29, 1.82) is 16.2 Å². The maximum Gasteiger partial charge on any atom is 0.166 e. The van der Waals surface area contributed by atoms with Gasteiger partial charge in [0.25, 0.3) is 0 Å². The number of rotatable bonds is 6. The highest BCUT2D eigenvalue weighted by Gasteiger charge is 2.19. The fraction of sp³-hybridized carbons (Fsp3) is 0.312. The zero-order valence-corrected chi connectivity index (χ0v) is 14.3. The Labute approximate surface area is 157 Å². The molecule has 1 aromatic rings. The van der Waals surface area contributed by atoms with Crippen molar-refractivity contribution in [2.75, 3.05) is 31.2 Å². The largest absolute Gasteiger partial charge is 0.404 e. The Bertz CT molecular complexity index is 725. The predicted molar refractivity (Wildman–Crippen MR) is 110 cm³/mol. The molecule has 10 heteroatoms. The van der Waals surface area contributed by atoms with E-state index in [0.717, 1.165) is 23.5 Å². The van der Waals surface area contributed by atoms with Crippen LogP contribution >= 0.6 is 11.8 Å². The van der Waals surface area contributed by atoms with Gasteiger partial charge >= 0.3 is 0 Å². The molecule has 0 aromatic carbocycles. The third kappa shape index (κ3) is 5.14. The van der Waals surface area contributed by atoms with E-state index in [1.54, 1.807) is 6.07 Å². The minimum atomic E-state index is 0. The van der Waals surface area contributed by atoms with Crippen LogP contribution in [0.1, 0.15) is 18.6 Å². The first-order chi connectivity index (χ1) is 12.1. The molecule has 0 bridgehead atoms. The maximum absolute atomic E-state index is 8.17. The minimum Gasteiger partial charge on any atom is -0.404 e. The van der Waals surface area contributed by atoms with Gasteiger partial charge < -0.3 is 31.9 Å². The normalized spacial score (nSPS) is 14.8. The summed E-state index contributed by atoms with van der Waals surface area (Å²) in [6.07, 6.45) is 3.78. The molecule has 1 aliphatic rings. The number of hydrogen-bond donors (Lipinski definition) is 5. The highest BCUT2D eigenvalue weighted by atomic mass is 32.2. The summed E-state index contributed by atoms with van der Waals surface area (Å²) in [5.41, 5.74) is 13.0. The van der Waals surface area contributed by atoms with Gasteiger partial charge in [0.05, 0.1) is 18.8 Å². The highest BCUT2D eigenvalue weighted by Crippen LogP contribution is 2.28. The molecule has 0 saturated carbocycles. The molecule has 0 atom stereocenters. The Hall–Kier alpha value is -2.72. The molecule has 1 aromatic heterocycles. The second-order valence-electron chi connectivity index (χ2n) is 4.97. The molecule has 1 fully saturated rings. The van der Waals surface area contributed by atoms with Crippen molar-refractivity contribution in [3.8, 4) is 0 Å². The SMILES string of the molecule is C.N=CSC(=N)c1cc(N2CCOCC2)nc(/N=C(N)\C=C/N)c1C=N. The lowest BCUT2D eigenvalue weighted by atomic mass is 10.1. The number of aliphatic imine (C=N–C) groups is 1. The zero-order chi connectivity index (χ0) is 18.2. The average molecular weight is 376 g/mol. The summed E-state index contributed by atoms with van der Waals surface area (Å²) in [7, 11) is 0. The Morgan fingerprint density at radius 1 is 1.35 bits per heavy atom. The number of nitrogens with zero attached hydrogens (tertiary/aromatic N) is 3. The van der Waals surface area contributed by atoms with Gasteiger partial charge in [-0.25, -0.2) is 9.98 Å². The van der Waals surface area contributed by atoms with Crippen LogP contribution in [-0.4, -0.2) is 53.9 Å². The fourth-order valence-electron chi connectivity index (χ4n) is 2.28. The number of aromatic nitrogens is 1. The van der Waals surface area contributed by atoms with Gasteiger partial charge in [-0.2, -0.15) is 0 Å². The van der Waals surface area contributed by atoms with E-state index in [0.29, 0.717) is 43.2 Å². The van der Waals surface area contributed by atoms with E-state index in [1.165, 1.54) is 12.3 Å². The summed E-state index contributed by atoms with van der Waals surface area (Å²) in [4.78, 5) is 10.8. The highest BCUT2D eigenvalue weighted by molar-refractivity contribution is 8.25. The molecule has 140 valence electrons. The standard InChI is InChI=1S/C15H20N8OS.CH4/c16-2-1-12(19)21-15-11(8-17)10(14(20)25-9-18)7-13(22-15)23-3-5-24-6-4-23;/h1-2,7-9,17-18,20H,3-6,16H2,(H2,19,21,22);1H4/b2-1-,17-8?,18-9?,20-14?;. The number of nitrogens with one attached hydrogen (secondary N) is 3. The van der Waals surface area contributed by atoms with Crippen LogP contribution in [0.5, 0.6) is 0 Å². The fourth-order valence-corrected chi connectivity index (χ4v) is 2.69. The van der Waals surface area contributed by atoms with Crippen LogP contribution in [0.25, 0.3) is 0 Å². The molecule has 1 aliphatic heterocycles. The van der Waals surface area contributed by atoms with Crippen molar-refractivity contribution in [2.24, 2.45) is 16.5 Å². The molecular formula is C16H24N8OS. The van der Waals surface area contributed by atoms with E-state index < -0.39 is 0 Å². The third-order valence-corrected chi connectivity index (χ3v) is 4.00. The van der Waals surface area contributed by atoms with Crippen molar-refractivity contribution in [2.45, 2.75) is 7.43 Å². The van der Waals surface area contributed by atoms with E-state index in [1.807, 2.05) is 4.90 Å². The van der Waals surface area contributed by atoms with Gasteiger partial charge in [0, 0.05) is 30.4 Å². The van der Waals surface area contributed by atoms with Crippen molar-refractivity contribution in [3.63, 3.8) is 0 Å². The second kappa shape index (κ2) is 10.3. The number of ether oxygens (including phenoxy) is 1. The maximum atomic E-state index is 8.17. The molecule has 9 nitrogen and oxygen atoms in total. The van der Waals surface area contributed by atoms with Crippen LogP contribution in [0.3, 0.4) is 0 Å². The van der Waals surface area contributed by atoms with E-state index in [-0.39, 0.29) is 24.1 Å². The zero-order valence-electron chi connectivity index (χ0n) is 13.5. The number of morpholine rings is 1. The predicted octanol–water partition coefficient (Wildman–Crippen LogP) is 1.68. The first-order valence-corrected chi connectivity index (χ1v) is 8.33. The summed E-state index contributed by atoms with van der Waals surface area (Å²) in [5.74, 6) is 1.01. The van der Waals surface area contributed by atoms with Crippen LogP contribution in [-0.2, 0) is 4.74 Å². The molecule has 2 rings (SSSR count). The van der Waals surface area contributed by atoms with Crippen LogP contribution in [0.4, 0.5) is 11.6 Å². The molecule has 26 heavy (non-hydrogen) atoms. The monoisotopic (exact) mass is 376 g/mol. The molecule has 7 N–H and O–H groups in total. The molecule has 0 amide bonds. The van der Waals surface area contributed by atoms with Gasteiger partial charge in [-0.1, -0.05) is 19.2 Å². The van der Waals surface area contributed by atoms with Crippen LogP contribution in [0.2, 0.25) is 0 Å². The minimum absolute atomic E-state index is 0. The Morgan fingerprint density at radius 3 is 2.62 bits per heavy atom. The van der Waals surface area contributed by atoms with E-state index >= 15 is 0 Å². The Balaban J connectivity index is 0.00000338. The number of amidine groups is 1. The lowest BCUT2D eigenvalue weighted by molar-refractivity contribution is 0.122. The molecule has 0 aliphatic carbocycles. The van der Waals surface area contributed by atoms with Gasteiger partial charge in [0.2, 0.25) is 0 Å². The van der Waals surface area contributed by atoms with Gasteiger partial charge in [0.15, 0.2) is 5.82 Å². The summed E-state index contributed by atoms with van der Waals surface area (Å²) in [6.45, 7) is 2.52.